The number of benzene rings is 6. The second-order valence-corrected chi connectivity index (χ2v) is 17.0. The second kappa shape index (κ2) is 14.3. The van der Waals surface area contributed by atoms with E-state index < -0.39 is 0 Å². The van der Waals surface area contributed by atoms with Gasteiger partial charge in [-0.3, -0.25) is 19.9 Å². The van der Waals surface area contributed by atoms with E-state index in [2.05, 4.69) is 135 Å². The third-order valence-corrected chi connectivity index (χ3v) is 13.6. The molecule has 0 unspecified atom stereocenters. The van der Waals surface area contributed by atoms with Crippen molar-refractivity contribution < 1.29 is 0 Å². The van der Waals surface area contributed by atoms with Gasteiger partial charge in [-0.15, -0.1) is 0 Å². The highest BCUT2D eigenvalue weighted by Gasteiger charge is 2.27. The third kappa shape index (κ3) is 5.14. The van der Waals surface area contributed by atoms with Gasteiger partial charge in [-0.05, 0) is 72.8 Å². The quantitative estimate of drug-likeness (QED) is 0.170. The van der Waals surface area contributed by atoms with Crippen LogP contribution in [0.4, 0.5) is 0 Å². The number of para-hydroxylation sites is 4. The van der Waals surface area contributed by atoms with Crippen molar-refractivity contribution in [2.45, 2.75) is 0 Å². The standard InChI is InChI=1S/C58H32N10/c59-29-35-25-45(53(67-49-15-7-3-11-39(49)43-19-23-63-33-57(43)67)27-51(35)65-47-13-5-1-9-37(47)41-17-21-61-31-55(41)65)46-26-36(30-60)52(66-48-14-6-2-10-38(48)42-18-22-62-32-56(42)66)28-54(46)68-50-16-8-4-12-40(50)44-20-24-64-34-58(44)68/h1-28,31-34H. The van der Waals surface area contributed by atoms with Crippen molar-refractivity contribution in [3.63, 3.8) is 0 Å². The van der Waals surface area contributed by atoms with E-state index >= 15 is 0 Å². The van der Waals surface area contributed by atoms with Gasteiger partial charge in [-0.25, -0.2) is 0 Å². The zero-order valence-electron chi connectivity index (χ0n) is 35.9. The molecule has 0 aliphatic rings. The SMILES string of the molecule is N#Cc1cc(-c2cc(C#N)c(-n3c4ccccc4c4ccncc43)cc2-n2c3ccccc3c3ccncc32)c(-n2c3ccccc3c3ccncc32)cc1-n1c2ccccc2c2ccncc21. The number of pyridine rings is 4. The van der Waals surface area contributed by atoms with Crippen molar-refractivity contribution in [1.82, 2.24) is 38.2 Å². The lowest BCUT2D eigenvalue weighted by Gasteiger charge is -2.22. The average Bonchev–Trinajstić information content (AvgIpc) is 4.13. The minimum Gasteiger partial charge on any atom is -0.307 e. The molecule has 314 valence electrons. The average molecular weight is 869 g/mol. The van der Waals surface area contributed by atoms with Gasteiger partial charge in [-0.2, -0.15) is 10.5 Å². The molecule has 0 N–H and O–H groups in total. The van der Waals surface area contributed by atoms with E-state index in [-0.39, 0.29) is 0 Å². The first-order chi connectivity index (χ1) is 33.7. The van der Waals surface area contributed by atoms with Gasteiger partial charge in [0.15, 0.2) is 0 Å². The van der Waals surface area contributed by atoms with Crippen LogP contribution in [0.1, 0.15) is 11.1 Å². The fourth-order valence-corrected chi connectivity index (χ4v) is 10.8. The van der Waals surface area contributed by atoms with Crippen molar-refractivity contribution in [2.75, 3.05) is 0 Å². The van der Waals surface area contributed by atoms with Crippen LogP contribution >= 0.6 is 0 Å². The molecule has 0 spiro atoms. The highest BCUT2D eigenvalue weighted by Crippen LogP contribution is 2.45. The summed E-state index contributed by atoms with van der Waals surface area (Å²) in [6, 6.07) is 54.9. The molecular formula is C58H32N10. The molecule has 68 heavy (non-hydrogen) atoms. The van der Waals surface area contributed by atoms with E-state index in [0.29, 0.717) is 22.5 Å². The van der Waals surface area contributed by atoms with Gasteiger partial charge >= 0.3 is 0 Å². The Morgan fingerprint density at radius 1 is 0.294 bits per heavy atom. The topological polar surface area (TPSA) is 119 Å². The van der Waals surface area contributed by atoms with Crippen LogP contribution in [-0.4, -0.2) is 38.2 Å². The van der Waals surface area contributed by atoms with Crippen LogP contribution < -0.4 is 0 Å². The molecule has 0 aliphatic heterocycles. The van der Waals surface area contributed by atoms with E-state index in [9.17, 15) is 10.5 Å². The lowest BCUT2D eigenvalue weighted by molar-refractivity contribution is 1.10. The summed E-state index contributed by atoms with van der Waals surface area (Å²) in [5, 5.41) is 31.2. The molecule has 0 radical (unpaired) electrons. The van der Waals surface area contributed by atoms with Gasteiger partial charge in [0.2, 0.25) is 0 Å². The Bertz CT molecular complexity index is 4050. The van der Waals surface area contributed by atoms with Crippen LogP contribution in [0.15, 0.2) is 195 Å². The van der Waals surface area contributed by atoms with E-state index in [1.54, 1.807) is 0 Å². The molecule has 8 aromatic heterocycles. The lowest BCUT2D eigenvalue weighted by atomic mass is 9.94. The van der Waals surface area contributed by atoms with Crippen molar-refractivity contribution >= 4 is 87.2 Å². The van der Waals surface area contributed by atoms with Gasteiger partial charge < -0.3 is 18.3 Å². The first-order valence-corrected chi connectivity index (χ1v) is 22.2. The first kappa shape index (κ1) is 37.5. The Kier molecular flexibility index (Phi) is 7.88. The normalized spacial score (nSPS) is 11.8. The molecule has 0 bridgehead atoms. The smallest absolute Gasteiger partial charge is 0.101 e. The van der Waals surface area contributed by atoms with Gasteiger partial charge in [-0.1, -0.05) is 72.8 Å². The largest absolute Gasteiger partial charge is 0.307 e. The van der Waals surface area contributed by atoms with Crippen molar-refractivity contribution in [1.29, 1.82) is 10.5 Å². The number of nitriles is 2. The molecule has 14 aromatic rings. The Labute approximate surface area is 386 Å². The number of nitrogens with zero attached hydrogens (tertiary/aromatic N) is 10. The Morgan fingerprint density at radius 2 is 0.559 bits per heavy atom. The Balaban J connectivity index is 1.19. The second-order valence-electron chi connectivity index (χ2n) is 17.0. The molecule has 0 fully saturated rings. The van der Waals surface area contributed by atoms with Crippen molar-refractivity contribution in [2.24, 2.45) is 0 Å². The predicted molar refractivity (Wildman–Crippen MR) is 270 cm³/mol. The molecule has 0 aliphatic carbocycles. The third-order valence-electron chi connectivity index (χ3n) is 13.6. The van der Waals surface area contributed by atoms with Gasteiger partial charge in [0.1, 0.15) is 12.1 Å². The summed E-state index contributed by atoms with van der Waals surface area (Å²) in [6.45, 7) is 0. The zero-order chi connectivity index (χ0) is 45.0. The van der Waals surface area contributed by atoms with Crippen LogP contribution in [0, 0.1) is 22.7 Å². The lowest BCUT2D eigenvalue weighted by Crippen LogP contribution is -2.08. The molecule has 8 heterocycles. The fraction of sp³-hybridized carbons (Fsp3) is 0. The van der Waals surface area contributed by atoms with Gasteiger partial charge in [0.25, 0.3) is 0 Å². The summed E-state index contributed by atoms with van der Waals surface area (Å²) < 4.78 is 8.80. The Hall–Kier alpha value is -9.90. The van der Waals surface area contributed by atoms with Crippen LogP contribution in [0.25, 0.3) is 121 Å². The highest BCUT2D eigenvalue weighted by molar-refractivity contribution is 6.13. The van der Waals surface area contributed by atoms with Crippen LogP contribution in [-0.2, 0) is 0 Å². The molecule has 10 nitrogen and oxygen atoms in total. The van der Waals surface area contributed by atoms with Crippen LogP contribution in [0.2, 0.25) is 0 Å². The number of fused-ring (bicyclic) bond motifs is 12. The number of rotatable bonds is 5. The highest BCUT2D eigenvalue weighted by atomic mass is 15.0. The number of hydrogen-bond donors (Lipinski definition) is 0. The molecule has 0 atom stereocenters. The monoisotopic (exact) mass is 868 g/mol. The minimum atomic E-state index is 0.444. The van der Waals surface area contributed by atoms with Crippen molar-refractivity contribution in [3.05, 3.63) is 206 Å². The fourth-order valence-electron chi connectivity index (χ4n) is 10.8. The van der Waals surface area contributed by atoms with Crippen LogP contribution in [0.5, 0.6) is 0 Å². The number of hydrogen-bond acceptors (Lipinski definition) is 6. The maximum atomic E-state index is 11.4. The molecular weight excluding hydrogens is 837 g/mol. The van der Waals surface area contributed by atoms with Crippen molar-refractivity contribution in [3.8, 4) is 46.0 Å². The summed E-state index contributed by atoms with van der Waals surface area (Å²) >= 11 is 0. The summed E-state index contributed by atoms with van der Waals surface area (Å²) in [5.41, 5.74) is 12.7. The summed E-state index contributed by atoms with van der Waals surface area (Å²) in [6.07, 6.45) is 14.8. The van der Waals surface area contributed by atoms with Crippen LogP contribution in [0.3, 0.4) is 0 Å². The zero-order valence-corrected chi connectivity index (χ0v) is 35.9. The van der Waals surface area contributed by atoms with E-state index in [1.165, 1.54) is 0 Å². The molecule has 0 saturated carbocycles. The Morgan fingerprint density at radius 3 is 0.853 bits per heavy atom. The van der Waals surface area contributed by atoms with E-state index in [0.717, 1.165) is 110 Å². The van der Waals surface area contributed by atoms with E-state index in [4.69, 9.17) is 0 Å². The van der Waals surface area contributed by atoms with Gasteiger partial charge in [0.05, 0.1) is 103 Å². The molecule has 0 amide bonds. The molecule has 6 aromatic carbocycles. The summed E-state index contributed by atoms with van der Waals surface area (Å²) in [5.74, 6) is 0. The molecule has 14 rings (SSSR count). The summed E-state index contributed by atoms with van der Waals surface area (Å²) in [4.78, 5) is 18.5. The predicted octanol–water partition coefficient (Wildman–Crippen LogP) is 13.1. The van der Waals surface area contributed by atoms with Gasteiger partial charge in [0, 0.05) is 79.0 Å². The maximum absolute atomic E-state index is 11.4. The maximum Gasteiger partial charge on any atom is 0.101 e. The van der Waals surface area contributed by atoms with E-state index in [1.807, 2.05) is 110 Å². The summed E-state index contributed by atoms with van der Waals surface area (Å²) in [7, 11) is 0. The molecule has 10 heteroatoms. The minimum absolute atomic E-state index is 0.444. The molecule has 0 saturated heterocycles. The first-order valence-electron chi connectivity index (χ1n) is 22.2. The number of aromatic nitrogens is 8.